The van der Waals surface area contributed by atoms with Crippen molar-refractivity contribution in [3.05, 3.63) is 47.3 Å². The van der Waals surface area contributed by atoms with Gasteiger partial charge < -0.3 is 10.5 Å². The Balaban J connectivity index is 2.36. The van der Waals surface area contributed by atoms with Gasteiger partial charge in [0.2, 0.25) is 0 Å². The van der Waals surface area contributed by atoms with Crippen molar-refractivity contribution in [1.82, 2.24) is 9.97 Å². The maximum atomic E-state index is 5.87. The molecule has 2 N–H and O–H groups in total. The lowest BCUT2D eigenvalue weighted by molar-refractivity contribution is 0.430. The molecule has 1 aromatic carbocycles. The van der Waals surface area contributed by atoms with Crippen LogP contribution in [0, 0.1) is 6.92 Å². The Labute approximate surface area is 130 Å². The van der Waals surface area contributed by atoms with Crippen molar-refractivity contribution < 1.29 is 4.74 Å². The Bertz CT molecular complexity index is 658. The van der Waals surface area contributed by atoms with Gasteiger partial charge in [0, 0.05) is 5.69 Å². The molecule has 5 heteroatoms. The van der Waals surface area contributed by atoms with E-state index in [-0.39, 0.29) is 11.0 Å². The van der Waals surface area contributed by atoms with Crippen LogP contribution in [-0.2, 0) is 0 Å². The van der Waals surface area contributed by atoms with Gasteiger partial charge in [0.1, 0.15) is 16.4 Å². The summed E-state index contributed by atoms with van der Waals surface area (Å²) in [7, 11) is 0. The van der Waals surface area contributed by atoms with Crippen molar-refractivity contribution in [2.75, 3.05) is 0 Å². The third-order valence-electron chi connectivity index (χ3n) is 3.35. The van der Waals surface area contributed by atoms with Gasteiger partial charge >= 0.3 is 6.01 Å². The van der Waals surface area contributed by atoms with Crippen LogP contribution < -0.4 is 10.5 Å². The number of para-hydroxylation sites is 1. The third kappa shape index (κ3) is 3.76. The maximum absolute atomic E-state index is 5.87. The van der Waals surface area contributed by atoms with Crippen LogP contribution in [0.25, 0.3) is 0 Å². The predicted octanol–water partition coefficient (Wildman–Crippen LogP) is 3.73. The second kappa shape index (κ2) is 6.63. The lowest BCUT2D eigenvalue weighted by Crippen LogP contribution is -2.13. The molecule has 110 valence electrons. The predicted molar refractivity (Wildman–Crippen MR) is 87.9 cm³/mol. The summed E-state index contributed by atoms with van der Waals surface area (Å²) in [5.74, 6) is 1.17. The highest BCUT2D eigenvalue weighted by Crippen LogP contribution is 2.30. The minimum Gasteiger partial charge on any atom is -0.424 e. The summed E-state index contributed by atoms with van der Waals surface area (Å²) in [5, 5.41) is 0. The topological polar surface area (TPSA) is 61.0 Å². The van der Waals surface area contributed by atoms with Crippen LogP contribution in [0.15, 0.2) is 30.3 Å². The number of rotatable bonds is 5. The number of nitrogens with two attached hydrogens (primary N) is 1. The number of aryl methyl sites for hydroxylation is 1. The van der Waals surface area contributed by atoms with E-state index in [1.807, 2.05) is 25.1 Å². The first kappa shape index (κ1) is 15.4. The highest BCUT2D eigenvalue weighted by atomic mass is 32.1. The van der Waals surface area contributed by atoms with Crippen molar-refractivity contribution in [2.45, 2.75) is 33.1 Å². The molecule has 1 aromatic heterocycles. The lowest BCUT2D eigenvalue weighted by atomic mass is 9.98. The molecule has 1 heterocycles. The van der Waals surface area contributed by atoms with Gasteiger partial charge in [-0.25, -0.2) is 4.98 Å². The molecule has 1 unspecified atom stereocenters. The molecule has 2 rings (SSSR count). The quantitative estimate of drug-likeness (QED) is 0.853. The number of thiocarbonyl (C=S) groups is 1. The summed E-state index contributed by atoms with van der Waals surface area (Å²) in [4.78, 5) is 8.78. The van der Waals surface area contributed by atoms with Crippen LogP contribution in [0.2, 0.25) is 0 Å². The van der Waals surface area contributed by atoms with Crippen LogP contribution in [0.5, 0.6) is 11.8 Å². The zero-order chi connectivity index (χ0) is 15.4. The van der Waals surface area contributed by atoms with E-state index in [0.29, 0.717) is 11.6 Å². The largest absolute Gasteiger partial charge is 0.424 e. The van der Waals surface area contributed by atoms with Crippen molar-refractivity contribution in [3.63, 3.8) is 0 Å². The molecule has 4 nitrogen and oxygen atoms in total. The molecule has 0 saturated heterocycles. The summed E-state index contributed by atoms with van der Waals surface area (Å²) in [6, 6.07) is 9.95. The molecule has 0 aliphatic rings. The number of hydrogen-bond acceptors (Lipinski definition) is 4. The van der Waals surface area contributed by atoms with E-state index in [9.17, 15) is 0 Å². The van der Waals surface area contributed by atoms with Crippen LogP contribution in [0.4, 0.5) is 0 Å². The number of aromatic nitrogens is 2. The SMILES string of the molecule is CCC(C)c1ccccc1Oc1nc(C)cc(C(N)=S)n1. The highest BCUT2D eigenvalue weighted by molar-refractivity contribution is 7.80. The first-order chi connectivity index (χ1) is 10.0. The molecule has 0 aliphatic carbocycles. The molecule has 0 radical (unpaired) electrons. The molecule has 2 aromatic rings. The van der Waals surface area contributed by atoms with Gasteiger partial charge in [-0.15, -0.1) is 0 Å². The fourth-order valence-corrected chi connectivity index (χ4v) is 2.12. The first-order valence-corrected chi connectivity index (χ1v) is 7.34. The van der Waals surface area contributed by atoms with Crippen LogP contribution in [0.1, 0.15) is 43.1 Å². The zero-order valence-electron chi connectivity index (χ0n) is 12.5. The van der Waals surface area contributed by atoms with Gasteiger partial charge in [0.05, 0.1) is 0 Å². The smallest absolute Gasteiger partial charge is 0.322 e. The van der Waals surface area contributed by atoms with E-state index in [2.05, 4.69) is 29.9 Å². The first-order valence-electron chi connectivity index (χ1n) is 6.93. The Hall–Kier alpha value is -2.01. The Morgan fingerprint density at radius 3 is 2.71 bits per heavy atom. The average molecular weight is 301 g/mol. The van der Waals surface area contributed by atoms with Gasteiger partial charge in [0.15, 0.2) is 0 Å². The van der Waals surface area contributed by atoms with Crippen LogP contribution in [0.3, 0.4) is 0 Å². The molecule has 21 heavy (non-hydrogen) atoms. The molecule has 0 bridgehead atoms. The second-order valence-electron chi connectivity index (χ2n) is 4.99. The molecule has 1 atom stereocenters. The number of benzene rings is 1. The number of hydrogen-bond donors (Lipinski definition) is 1. The van der Waals surface area contributed by atoms with Gasteiger partial charge in [-0.2, -0.15) is 4.98 Å². The lowest BCUT2D eigenvalue weighted by Gasteiger charge is -2.14. The summed E-state index contributed by atoms with van der Waals surface area (Å²) in [6.07, 6.45) is 1.03. The molecule has 0 saturated carbocycles. The van der Waals surface area contributed by atoms with Gasteiger partial charge in [-0.3, -0.25) is 0 Å². The fourth-order valence-electron chi connectivity index (χ4n) is 2.01. The average Bonchev–Trinajstić information content (AvgIpc) is 2.46. The van der Waals surface area contributed by atoms with E-state index < -0.39 is 0 Å². The van der Waals surface area contributed by atoms with Gasteiger partial charge in [0.25, 0.3) is 0 Å². The summed E-state index contributed by atoms with van der Waals surface area (Å²) < 4.78 is 5.87. The Morgan fingerprint density at radius 2 is 2.05 bits per heavy atom. The molecule has 0 amide bonds. The van der Waals surface area contributed by atoms with Crippen molar-refractivity contribution in [3.8, 4) is 11.8 Å². The zero-order valence-corrected chi connectivity index (χ0v) is 13.3. The second-order valence-corrected chi connectivity index (χ2v) is 5.43. The van der Waals surface area contributed by atoms with E-state index in [1.54, 1.807) is 6.07 Å². The van der Waals surface area contributed by atoms with E-state index in [4.69, 9.17) is 22.7 Å². The van der Waals surface area contributed by atoms with Gasteiger partial charge in [-0.1, -0.05) is 44.3 Å². The summed E-state index contributed by atoms with van der Waals surface area (Å²) >= 11 is 4.96. The Kier molecular flexibility index (Phi) is 4.85. The molecular weight excluding hydrogens is 282 g/mol. The summed E-state index contributed by atoms with van der Waals surface area (Å²) in [5.41, 5.74) is 8.06. The number of ether oxygens (including phenoxy) is 1. The molecule has 0 fully saturated rings. The molecular formula is C16H19N3OS. The molecule has 0 aliphatic heterocycles. The van der Waals surface area contributed by atoms with Crippen LogP contribution >= 0.6 is 12.2 Å². The van der Waals surface area contributed by atoms with Crippen molar-refractivity contribution in [1.29, 1.82) is 0 Å². The van der Waals surface area contributed by atoms with E-state index >= 15 is 0 Å². The van der Waals surface area contributed by atoms with E-state index in [0.717, 1.165) is 23.4 Å². The minimum absolute atomic E-state index is 0.237. The van der Waals surface area contributed by atoms with Gasteiger partial charge in [-0.05, 0) is 37.0 Å². The summed E-state index contributed by atoms with van der Waals surface area (Å²) in [6.45, 7) is 6.17. The van der Waals surface area contributed by atoms with Crippen molar-refractivity contribution in [2.24, 2.45) is 5.73 Å². The normalized spacial score (nSPS) is 12.0. The number of nitrogens with zero attached hydrogens (tertiary/aromatic N) is 2. The third-order valence-corrected chi connectivity index (χ3v) is 3.56. The van der Waals surface area contributed by atoms with Crippen LogP contribution in [-0.4, -0.2) is 15.0 Å². The minimum atomic E-state index is 0.237. The van der Waals surface area contributed by atoms with Crippen molar-refractivity contribution >= 4 is 17.2 Å². The standard InChI is InChI=1S/C16H19N3OS/c1-4-10(2)12-7-5-6-8-14(12)20-16-18-11(3)9-13(19-16)15(17)21/h5-10H,4H2,1-3H3,(H2,17,21). The molecule has 0 spiro atoms. The maximum Gasteiger partial charge on any atom is 0.322 e. The van der Waals surface area contributed by atoms with E-state index in [1.165, 1.54) is 0 Å². The Morgan fingerprint density at radius 1 is 1.33 bits per heavy atom. The highest BCUT2D eigenvalue weighted by Gasteiger charge is 2.12. The monoisotopic (exact) mass is 301 g/mol. The fraction of sp³-hybridized carbons (Fsp3) is 0.312.